The summed E-state index contributed by atoms with van der Waals surface area (Å²) >= 11 is 6.03. The number of aliphatic hydroxyl groups excluding tert-OH is 1. The molecule has 3 N–H and O–H groups in total. The van der Waals surface area contributed by atoms with Gasteiger partial charge in [-0.05, 0) is 31.5 Å². The van der Waals surface area contributed by atoms with Gasteiger partial charge >= 0.3 is 0 Å². The molecule has 0 aliphatic carbocycles. The molecule has 0 aliphatic rings. The van der Waals surface area contributed by atoms with Crippen LogP contribution in [0.15, 0.2) is 12.1 Å². The van der Waals surface area contributed by atoms with Crippen LogP contribution in [0.3, 0.4) is 0 Å². The van der Waals surface area contributed by atoms with Gasteiger partial charge in [-0.3, -0.25) is 0 Å². The molecule has 4 heteroatoms. The van der Waals surface area contributed by atoms with Crippen molar-refractivity contribution in [3.63, 3.8) is 0 Å². The van der Waals surface area contributed by atoms with Crippen molar-refractivity contribution in [1.82, 2.24) is 0 Å². The van der Waals surface area contributed by atoms with Crippen LogP contribution in [0.25, 0.3) is 0 Å². The second-order valence-corrected chi connectivity index (χ2v) is 4.05. The van der Waals surface area contributed by atoms with Crippen molar-refractivity contribution in [2.45, 2.75) is 26.0 Å². The van der Waals surface area contributed by atoms with Crippen LogP contribution >= 0.6 is 11.6 Å². The third kappa shape index (κ3) is 2.62. The SMILES string of the molecule is COc1cc(C(O)C(C)N)c(Cl)cc1C. The first-order valence-electron chi connectivity index (χ1n) is 4.75. The monoisotopic (exact) mass is 229 g/mol. The average Bonchev–Trinajstić information content (AvgIpc) is 2.17. The fraction of sp³-hybridized carbons (Fsp3) is 0.455. The van der Waals surface area contributed by atoms with E-state index in [0.29, 0.717) is 16.3 Å². The lowest BCUT2D eigenvalue weighted by Crippen LogP contribution is -2.24. The Morgan fingerprint density at radius 2 is 2.07 bits per heavy atom. The summed E-state index contributed by atoms with van der Waals surface area (Å²) < 4.78 is 5.16. The summed E-state index contributed by atoms with van der Waals surface area (Å²) in [6.07, 6.45) is -0.771. The van der Waals surface area contributed by atoms with E-state index in [2.05, 4.69) is 0 Å². The topological polar surface area (TPSA) is 55.5 Å². The molecular weight excluding hydrogens is 214 g/mol. The lowest BCUT2D eigenvalue weighted by molar-refractivity contribution is 0.153. The predicted molar refractivity (Wildman–Crippen MR) is 61.4 cm³/mol. The minimum atomic E-state index is -0.771. The Morgan fingerprint density at radius 1 is 1.47 bits per heavy atom. The first-order chi connectivity index (χ1) is 6.97. The zero-order valence-corrected chi connectivity index (χ0v) is 9.88. The zero-order chi connectivity index (χ0) is 11.6. The van der Waals surface area contributed by atoms with E-state index in [9.17, 15) is 5.11 Å². The maximum absolute atomic E-state index is 9.82. The molecule has 0 fully saturated rings. The van der Waals surface area contributed by atoms with Crippen LogP contribution < -0.4 is 10.5 Å². The van der Waals surface area contributed by atoms with Crippen molar-refractivity contribution in [1.29, 1.82) is 0 Å². The lowest BCUT2D eigenvalue weighted by Gasteiger charge is -2.18. The number of nitrogens with two attached hydrogens (primary N) is 1. The third-order valence-corrected chi connectivity index (χ3v) is 2.66. The molecule has 0 amide bonds. The number of hydrogen-bond donors (Lipinski definition) is 2. The van der Waals surface area contributed by atoms with Crippen molar-refractivity contribution >= 4 is 11.6 Å². The van der Waals surface area contributed by atoms with E-state index in [1.165, 1.54) is 0 Å². The van der Waals surface area contributed by atoms with Gasteiger partial charge in [0.05, 0.1) is 13.2 Å². The Morgan fingerprint density at radius 3 is 2.53 bits per heavy atom. The molecule has 0 saturated heterocycles. The van der Waals surface area contributed by atoms with E-state index in [0.717, 1.165) is 5.56 Å². The standard InChI is InChI=1S/C11H16ClNO2/c1-6-4-9(12)8(5-10(6)15-3)11(14)7(2)13/h4-5,7,11,14H,13H2,1-3H3. The molecule has 2 atom stereocenters. The van der Waals surface area contributed by atoms with Crippen molar-refractivity contribution in [3.05, 3.63) is 28.3 Å². The van der Waals surface area contributed by atoms with Gasteiger partial charge in [-0.15, -0.1) is 0 Å². The molecule has 84 valence electrons. The Bertz CT molecular complexity index is 353. The van der Waals surface area contributed by atoms with Gasteiger partial charge in [-0.25, -0.2) is 0 Å². The fourth-order valence-electron chi connectivity index (χ4n) is 1.40. The molecule has 15 heavy (non-hydrogen) atoms. The summed E-state index contributed by atoms with van der Waals surface area (Å²) in [5.74, 6) is 0.703. The van der Waals surface area contributed by atoms with Gasteiger partial charge < -0.3 is 15.6 Å². The summed E-state index contributed by atoms with van der Waals surface area (Å²) in [4.78, 5) is 0. The number of rotatable bonds is 3. The molecule has 0 saturated carbocycles. The van der Waals surface area contributed by atoms with Gasteiger partial charge in [0.15, 0.2) is 0 Å². The molecule has 0 radical (unpaired) electrons. The van der Waals surface area contributed by atoms with E-state index >= 15 is 0 Å². The highest BCUT2D eigenvalue weighted by Gasteiger charge is 2.17. The van der Waals surface area contributed by atoms with Crippen molar-refractivity contribution in [3.8, 4) is 5.75 Å². The van der Waals surface area contributed by atoms with Crippen molar-refractivity contribution < 1.29 is 9.84 Å². The minimum absolute atomic E-state index is 0.366. The summed E-state index contributed by atoms with van der Waals surface area (Å²) in [7, 11) is 1.58. The Kier molecular flexibility index (Phi) is 3.97. The van der Waals surface area contributed by atoms with Crippen LogP contribution in [0.2, 0.25) is 5.02 Å². The molecule has 0 heterocycles. The molecule has 0 aromatic heterocycles. The molecular formula is C11H16ClNO2. The van der Waals surface area contributed by atoms with Crippen LogP contribution in [-0.4, -0.2) is 18.3 Å². The highest BCUT2D eigenvalue weighted by atomic mass is 35.5. The van der Waals surface area contributed by atoms with E-state index in [1.54, 1.807) is 26.2 Å². The highest BCUT2D eigenvalue weighted by molar-refractivity contribution is 6.31. The molecule has 3 nitrogen and oxygen atoms in total. The van der Waals surface area contributed by atoms with Crippen LogP contribution in [0.4, 0.5) is 0 Å². The quantitative estimate of drug-likeness (QED) is 0.834. The summed E-state index contributed by atoms with van der Waals surface area (Å²) in [6.45, 7) is 3.63. The summed E-state index contributed by atoms with van der Waals surface area (Å²) in [5.41, 5.74) is 7.16. The predicted octanol–water partition coefficient (Wildman–Crippen LogP) is 2.04. The number of methoxy groups -OCH3 is 1. The Labute approximate surface area is 94.8 Å². The van der Waals surface area contributed by atoms with E-state index in [-0.39, 0.29) is 6.04 Å². The first kappa shape index (κ1) is 12.3. The smallest absolute Gasteiger partial charge is 0.122 e. The lowest BCUT2D eigenvalue weighted by atomic mass is 10.0. The second kappa shape index (κ2) is 4.84. The van der Waals surface area contributed by atoms with Crippen LogP contribution in [0, 0.1) is 6.92 Å². The van der Waals surface area contributed by atoms with Gasteiger partial charge in [0.25, 0.3) is 0 Å². The second-order valence-electron chi connectivity index (χ2n) is 3.65. The Balaban J connectivity index is 3.18. The number of benzene rings is 1. The number of halogens is 1. The number of hydrogen-bond acceptors (Lipinski definition) is 3. The van der Waals surface area contributed by atoms with Gasteiger partial charge in [0, 0.05) is 16.6 Å². The van der Waals surface area contributed by atoms with E-state index in [1.807, 2.05) is 6.92 Å². The molecule has 0 bridgehead atoms. The maximum Gasteiger partial charge on any atom is 0.122 e. The van der Waals surface area contributed by atoms with Gasteiger partial charge in [-0.2, -0.15) is 0 Å². The van der Waals surface area contributed by atoms with Gasteiger partial charge in [0.1, 0.15) is 5.75 Å². The van der Waals surface area contributed by atoms with Gasteiger partial charge in [0.2, 0.25) is 0 Å². The van der Waals surface area contributed by atoms with E-state index in [4.69, 9.17) is 22.1 Å². The number of ether oxygens (including phenoxy) is 1. The minimum Gasteiger partial charge on any atom is -0.496 e. The maximum atomic E-state index is 9.82. The van der Waals surface area contributed by atoms with Crippen LogP contribution in [0.5, 0.6) is 5.75 Å². The molecule has 2 unspecified atom stereocenters. The molecule has 1 aromatic rings. The molecule has 0 spiro atoms. The van der Waals surface area contributed by atoms with Crippen molar-refractivity contribution in [2.24, 2.45) is 5.73 Å². The first-order valence-corrected chi connectivity index (χ1v) is 5.12. The largest absolute Gasteiger partial charge is 0.496 e. The number of aliphatic hydroxyl groups is 1. The highest BCUT2D eigenvalue weighted by Crippen LogP contribution is 2.31. The summed E-state index contributed by atoms with van der Waals surface area (Å²) in [6, 6.07) is 3.13. The van der Waals surface area contributed by atoms with Crippen LogP contribution in [0.1, 0.15) is 24.2 Å². The average molecular weight is 230 g/mol. The van der Waals surface area contributed by atoms with Gasteiger partial charge in [-0.1, -0.05) is 11.6 Å². The molecule has 1 aromatic carbocycles. The number of aryl methyl sites for hydroxylation is 1. The Hall–Kier alpha value is -0.770. The van der Waals surface area contributed by atoms with Crippen molar-refractivity contribution in [2.75, 3.05) is 7.11 Å². The third-order valence-electron chi connectivity index (χ3n) is 2.33. The molecule has 0 aliphatic heterocycles. The summed E-state index contributed by atoms with van der Waals surface area (Å²) in [5, 5.41) is 10.3. The molecule has 1 rings (SSSR count). The zero-order valence-electron chi connectivity index (χ0n) is 9.12. The normalized spacial score (nSPS) is 14.8. The van der Waals surface area contributed by atoms with E-state index < -0.39 is 6.10 Å². The van der Waals surface area contributed by atoms with Crippen LogP contribution in [-0.2, 0) is 0 Å². The fourth-order valence-corrected chi connectivity index (χ4v) is 1.73.